The van der Waals surface area contributed by atoms with E-state index in [1.807, 2.05) is 11.3 Å². The van der Waals surface area contributed by atoms with Crippen LogP contribution in [0.4, 0.5) is 0 Å². The van der Waals surface area contributed by atoms with Gasteiger partial charge in [-0.05, 0) is 83.6 Å². The number of nitrogens with zero attached hydrogens (tertiary/aromatic N) is 2. The second-order valence-corrected chi connectivity index (χ2v) is 18.0. The molecule has 0 radical (unpaired) electrons. The summed E-state index contributed by atoms with van der Waals surface area (Å²) >= 11 is 1.89. The second-order valence-electron chi connectivity index (χ2n) is 17.0. The summed E-state index contributed by atoms with van der Waals surface area (Å²) in [4.78, 5) is 14.2. The van der Waals surface area contributed by atoms with E-state index in [2.05, 4.69) is 178 Å². The number of fused-ring (bicyclic) bond motifs is 10. The van der Waals surface area contributed by atoms with E-state index in [1.165, 1.54) is 97.6 Å². The maximum Gasteiger partial charge on any atom is 0.108 e. The highest BCUT2D eigenvalue weighted by Crippen LogP contribution is 2.67. The summed E-state index contributed by atoms with van der Waals surface area (Å²) in [5.41, 5.74) is 12.1. The van der Waals surface area contributed by atoms with Gasteiger partial charge in [0.1, 0.15) is 11.0 Å². The lowest BCUT2D eigenvalue weighted by Gasteiger charge is -2.34. The van der Waals surface area contributed by atoms with Crippen molar-refractivity contribution >= 4 is 65.5 Å². The van der Waals surface area contributed by atoms with Crippen LogP contribution in [-0.4, -0.2) is 9.97 Å². The summed E-state index contributed by atoms with van der Waals surface area (Å²) in [6.45, 7) is 7.36. The topological polar surface area (TPSA) is 25.8 Å². The van der Waals surface area contributed by atoms with Crippen molar-refractivity contribution in [1.82, 2.24) is 9.97 Å². The summed E-state index contributed by atoms with van der Waals surface area (Å²) in [5.74, 6) is 0.395. The third-order valence-electron chi connectivity index (χ3n) is 14.1. The first kappa shape index (κ1) is 33.0. The third-order valence-corrected chi connectivity index (χ3v) is 15.3. The monoisotopic (exact) mass is 748 g/mol. The van der Waals surface area contributed by atoms with E-state index < -0.39 is 0 Å². The number of rotatable bonds is 4. The summed E-state index contributed by atoms with van der Waals surface area (Å²) in [5, 5.41) is 10.00. The number of benzene rings is 8. The first-order valence-corrected chi connectivity index (χ1v) is 21.1. The van der Waals surface area contributed by atoms with Crippen molar-refractivity contribution in [3.63, 3.8) is 0 Å². The fraction of sp³-hybridized carbons (Fsp3) is 0.148. The van der Waals surface area contributed by atoms with Crippen LogP contribution < -0.4 is 0 Å². The molecule has 0 N–H and O–H groups in total. The molecule has 12 rings (SSSR count). The van der Waals surface area contributed by atoms with Gasteiger partial charge in [-0.15, -0.1) is 11.3 Å². The predicted molar refractivity (Wildman–Crippen MR) is 242 cm³/mol. The Hall–Kier alpha value is -6.16. The minimum absolute atomic E-state index is 0.0222. The summed E-state index contributed by atoms with van der Waals surface area (Å²) in [6, 6.07) is 57.8. The van der Waals surface area contributed by atoms with Crippen molar-refractivity contribution in [3.8, 4) is 43.1 Å². The minimum atomic E-state index is -0.0222. The lowest BCUT2D eigenvalue weighted by molar-refractivity contribution is 0.227. The van der Waals surface area contributed by atoms with Gasteiger partial charge in [-0.2, -0.15) is 0 Å². The molecule has 0 spiro atoms. The molecular weight excluding hydrogens is 709 g/mol. The van der Waals surface area contributed by atoms with Gasteiger partial charge < -0.3 is 0 Å². The second kappa shape index (κ2) is 11.9. The van der Waals surface area contributed by atoms with Gasteiger partial charge in [-0.3, -0.25) is 0 Å². The Morgan fingerprint density at radius 1 is 0.439 bits per heavy atom. The molecule has 0 amide bonds. The van der Waals surface area contributed by atoms with Crippen LogP contribution in [0, 0.1) is 5.41 Å². The first-order valence-electron chi connectivity index (χ1n) is 20.3. The van der Waals surface area contributed by atoms with Crippen LogP contribution in [0.15, 0.2) is 158 Å². The quantitative estimate of drug-likeness (QED) is 0.168. The van der Waals surface area contributed by atoms with Gasteiger partial charge in [0.2, 0.25) is 0 Å². The Labute approximate surface area is 336 Å². The van der Waals surface area contributed by atoms with E-state index in [4.69, 9.17) is 9.97 Å². The molecule has 2 atom stereocenters. The molecule has 2 aliphatic rings. The zero-order valence-electron chi connectivity index (χ0n) is 32.3. The van der Waals surface area contributed by atoms with Gasteiger partial charge in [0.05, 0.1) is 21.1 Å². The molecule has 0 aliphatic heterocycles. The maximum atomic E-state index is 5.90. The SMILES string of the molecule is CC12CCC(c3nc4c(-c5c6ccccc6c(-c6ccccc6)c6ccccc56)sc(-c5c6ccccc6c(-c6ccccc6)c6ccccc56)c4nc31)C2(C)C. The lowest BCUT2D eigenvalue weighted by atomic mass is 9.70. The summed E-state index contributed by atoms with van der Waals surface area (Å²) < 4.78 is 0. The van der Waals surface area contributed by atoms with Crippen LogP contribution in [0.25, 0.3) is 97.3 Å². The normalized spacial score (nSPS) is 18.3. The molecule has 0 saturated heterocycles. The molecule has 272 valence electrons. The fourth-order valence-electron chi connectivity index (χ4n) is 10.9. The minimum Gasteiger partial charge on any atom is -0.247 e. The highest BCUT2D eigenvalue weighted by atomic mass is 32.1. The standard InChI is InChI=1S/C54H40N2S/c1-53(2)42-30-31-54(53,3)52-47(42)55-48-49(56-52)51(46-40-28-16-12-24-36(40)44(33-20-8-5-9-21-33)37-25-13-17-29-41(37)46)57-50(48)45-38-26-14-10-22-34(38)43(32-18-6-4-7-19-32)35-23-11-15-27-39(35)45/h4-29,42H,30-31H2,1-3H3. The van der Waals surface area contributed by atoms with Crippen LogP contribution in [0.3, 0.4) is 0 Å². The Bertz CT molecular complexity index is 3170. The van der Waals surface area contributed by atoms with Crippen LogP contribution >= 0.6 is 11.3 Å². The molecule has 2 aliphatic carbocycles. The molecule has 10 aromatic rings. The van der Waals surface area contributed by atoms with Gasteiger partial charge in [0, 0.05) is 22.5 Å². The van der Waals surface area contributed by atoms with Crippen LogP contribution in [0.2, 0.25) is 0 Å². The van der Waals surface area contributed by atoms with Crippen molar-refractivity contribution in [1.29, 1.82) is 0 Å². The molecule has 3 heteroatoms. The van der Waals surface area contributed by atoms with Crippen molar-refractivity contribution in [2.45, 2.75) is 44.9 Å². The molecular formula is C54H40N2S. The average molecular weight is 749 g/mol. The fourth-order valence-corrected chi connectivity index (χ4v) is 12.3. The number of hydrogen-bond donors (Lipinski definition) is 0. The molecule has 8 aromatic carbocycles. The zero-order chi connectivity index (χ0) is 38.0. The molecule has 2 unspecified atom stereocenters. The Morgan fingerprint density at radius 3 is 1.19 bits per heavy atom. The predicted octanol–water partition coefficient (Wildman–Crippen LogP) is 15.1. The third kappa shape index (κ3) is 4.41. The van der Waals surface area contributed by atoms with Crippen molar-refractivity contribution < 1.29 is 0 Å². The Balaban J connectivity index is 1.26. The molecule has 2 nitrogen and oxygen atoms in total. The van der Waals surface area contributed by atoms with Crippen molar-refractivity contribution in [2.24, 2.45) is 5.41 Å². The van der Waals surface area contributed by atoms with E-state index in [-0.39, 0.29) is 10.8 Å². The van der Waals surface area contributed by atoms with Gasteiger partial charge in [0.15, 0.2) is 0 Å². The molecule has 1 saturated carbocycles. The number of thiophene rings is 1. The van der Waals surface area contributed by atoms with E-state index in [9.17, 15) is 0 Å². The summed E-state index contributed by atoms with van der Waals surface area (Å²) in [7, 11) is 0. The number of aromatic nitrogens is 2. The van der Waals surface area contributed by atoms with E-state index in [0.29, 0.717) is 5.92 Å². The van der Waals surface area contributed by atoms with Crippen molar-refractivity contribution in [3.05, 3.63) is 169 Å². The molecule has 2 aromatic heterocycles. The first-order chi connectivity index (χ1) is 27.9. The van der Waals surface area contributed by atoms with Crippen molar-refractivity contribution in [2.75, 3.05) is 0 Å². The largest absolute Gasteiger partial charge is 0.247 e. The van der Waals surface area contributed by atoms with Crippen LogP contribution in [-0.2, 0) is 5.41 Å². The highest BCUT2D eigenvalue weighted by molar-refractivity contribution is 7.21. The van der Waals surface area contributed by atoms with Gasteiger partial charge in [-0.25, -0.2) is 9.97 Å². The van der Waals surface area contributed by atoms with Crippen LogP contribution in [0.5, 0.6) is 0 Å². The van der Waals surface area contributed by atoms with Gasteiger partial charge in [-0.1, -0.05) is 178 Å². The summed E-state index contributed by atoms with van der Waals surface area (Å²) in [6.07, 6.45) is 2.31. The smallest absolute Gasteiger partial charge is 0.108 e. The van der Waals surface area contributed by atoms with E-state index in [0.717, 1.165) is 23.9 Å². The van der Waals surface area contributed by atoms with Crippen LogP contribution in [0.1, 0.15) is 50.9 Å². The average Bonchev–Trinajstić information content (AvgIpc) is 3.79. The lowest BCUT2D eigenvalue weighted by Crippen LogP contribution is -2.31. The number of hydrogen-bond acceptors (Lipinski definition) is 3. The molecule has 2 bridgehead atoms. The molecule has 57 heavy (non-hydrogen) atoms. The molecule has 2 heterocycles. The van der Waals surface area contributed by atoms with E-state index >= 15 is 0 Å². The molecule has 1 fully saturated rings. The zero-order valence-corrected chi connectivity index (χ0v) is 33.1. The Morgan fingerprint density at radius 2 is 0.789 bits per heavy atom. The van der Waals surface area contributed by atoms with Gasteiger partial charge >= 0.3 is 0 Å². The van der Waals surface area contributed by atoms with E-state index in [1.54, 1.807) is 0 Å². The Kier molecular flexibility index (Phi) is 6.91. The maximum absolute atomic E-state index is 5.90. The highest BCUT2D eigenvalue weighted by Gasteiger charge is 2.61. The van der Waals surface area contributed by atoms with Gasteiger partial charge in [0.25, 0.3) is 0 Å².